The van der Waals surface area contributed by atoms with Gasteiger partial charge in [0.1, 0.15) is 11.5 Å². The van der Waals surface area contributed by atoms with Crippen LogP contribution in [-0.2, 0) is 12.7 Å². The Labute approximate surface area is 130 Å². The van der Waals surface area contributed by atoms with Gasteiger partial charge in [0.05, 0.1) is 18.4 Å². The Hall–Kier alpha value is -2.83. The molecule has 2 aromatic heterocycles. The van der Waals surface area contributed by atoms with Gasteiger partial charge in [-0.3, -0.25) is 4.98 Å². The Morgan fingerprint density at radius 2 is 1.87 bits per heavy atom. The molecule has 0 radical (unpaired) electrons. The smallest absolute Gasteiger partial charge is 0.416 e. The van der Waals surface area contributed by atoms with Crippen molar-refractivity contribution in [1.29, 1.82) is 0 Å². The third kappa shape index (κ3) is 3.50. The molecule has 1 aromatic carbocycles. The molecule has 0 bridgehead atoms. The van der Waals surface area contributed by atoms with E-state index in [0.29, 0.717) is 29.4 Å². The molecule has 0 spiro atoms. The summed E-state index contributed by atoms with van der Waals surface area (Å²) in [6.45, 7) is 0.359. The standard InChI is InChI=1S/C16H12F3N3O/c17-16(18,19)12-4-1-3-11(9-12)14-15(21-7-6-20-14)22-10-13-5-2-8-23-13/h1-9H,10H2,(H,21,22). The quantitative estimate of drug-likeness (QED) is 0.776. The molecule has 0 atom stereocenters. The third-order valence-corrected chi connectivity index (χ3v) is 3.17. The Morgan fingerprint density at radius 3 is 2.61 bits per heavy atom. The van der Waals surface area contributed by atoms with Crippen LogP contribution in [0.2, 0.25) is 0 Å². The van der Waals surface area contributed by atoms with Crippen LogP contribution < -0.4 is 5.32 Å². The number of anilines is 1. The average Bonchev–Trinajstić information content (AvgIpc) is 3.06. The molecule has 118 valence electrons. The van der Waals surface area contributed by atoms with Crippen LogP contribution in [0.4, 0.5) is 19.0 Å². The summed E-state index contributed by atoms with van der Waals surface area (Å²) in [6.07, 6.45) is 0.0522. The van der Waals surface area contributed by atoms with Crippen molar-refractivity contribution in [3.8, 4) is 11.3 Å². The number of furan rings is 1. The lowest BCUT2D eigenvalue weighted by Crippen LogP contribution is -2.06. The van der Waals surface area contributed by atoms with E-state index in [2.05, 4.69) is 15.3 Å². The SMILES string of the molecule is FC(F)(F)c1cccc(-c2nccnc2NCc2ccco2)c1. The van der Waals surface area contributed by atoms with Gasteiger partial charge in [-0.1, -0.05) is 12.1 Å². The highest BCUT2D eigenvalue weighted by Crippen LogP contribution is 2.33. The van der Waals surface area contributed by atoms with Crippen LogP contribution in [0.15, 0.2) is 59.5 Å². The van der Waals surface area contributed by atoms with Crippen LogP contribution in [0.25, 0.3) is 11.3 Å². The number of nitrogens with one attached hydrogen (secondary N) is 1. The number of hydrogen-bond acceptors (Lipinski definition) is 4. The molecule has 3 aromatic rings. The molecule has 1 N–H and O–H groups in total. The first-order valence-electron chi connectivity index (χ1n) is 6.79. The molecule has 3 rings (SSSR count). The van der Waals surface area contributed by atoms with Gasteiger partial charge >= 0.3 is 6.18 Å². The van der Waals surface area contributed by atoms with Crippen molar-refractivity contribution in [3.63, 3.8) is 0 Å². The Balaban J connectivity index is 1.91. The highest BCUT2D eigenvalue weighted by Gasteiger charge is 2.30. The van der Waals surface area contributed by atoms with Crippen LogP contribution in [0, 0.1) is 0 Å². The molecule has 0 unspecified atom stereocenters. The van der Waals surface area contributed by atoms with Crippen LogP contribution in [0.3, 0.4) is 0 Å². The van der Waals surface area contributed by atoms with E-state index in [9.17, 15) is 13.2 Å². The molecule has 4 nitrogen and oxygen atoms in total. The van der Waals surface area contributed by atoms with Crippen molar-refractivity contribution < 1.29 is 17.6 Å². The van der Waals surface area contributed by atoms with Crippen molar-refractivity contribution in [1.82, 2.24) is 9.97 Å². The minimum Gasteiger partial charge on any atom is -0.467 e. The van der Waals surface area contributed by atoms with E-state index in [0.717, 1.165) is 12.1 Å². The van der Waals surface area contributed by atoms with E-state index < -0.39 is 11.7 Å². The fourth-order valence-corrected chi connectivity index (χ4v) is 2.11. The topological polar surface area (TPSA) is 51.0 Å². The van der Waals surface area contributed by atoms with E-state index in [1.54, 1.807) is 24.5 Å². The van der Waals surface area contributed by atoms with Gasteiger partial charge in [0, 0.05) is 18.0 Å². The van der Waals surface area contributed by atoms with Gasteiger partial charge in [0.25, 0.3) is 0 Å². The number of halogens is 3. The van der Waals surface area contributed by atoms with E-state index in [-0.39, 0.29) is 0 Å². The number of nitrogens with zero attached hydrogens (tertiary/aromatic N) is 2. The molecule has 2 heterocycles. The molecule has 0 fully saturated rings. The number of benzene rings is 1. The lowest BCUT2D eigenvalue weighted by Gasteiger charge is -2.11. The summed E-state index contributed by atoms with van der Waals surface area (Å²) in [4.78, 5) is 8.30. The summed E-state index contributed by atoms with van der Waals surface area (Å²) in [5.74, 6) is 1.08. The second-order valence-electron chi connectivity index (χ2n) is 4.77. The maximum Gasteiger partial charge on any atom is 0.416 e. The predicted octanol–water partition coefficient (Wildman–Crippen LogP) is 4.37. The van der Waals surface area contributed by atoms with E-state index in [1.165, 1.54) is 18.5 Å². The number of aromatic nitrogens is 2. The van der Waals surface area contributed by atoms with Gasteiger partial charge in [0.2, 0.25) is 0 Å². The second kappa shape index (κ2) is 6.12. The van der Waals surface area contributed by atoms with Crippen molar-refractivity contribution in [3.05, 3.63) is 66.4 Å². The maximum absolute atomic E-state index is 12.9. The van der Waals surface area contributed by atoms with Crippen LogP contribution in [-0.4, -0.2) is 9.97 Å². The molecule has 0 aliphatic carbocycles. The van der Waals surface area contributed by atoms with E-state index >= 15 is 0 Å². The highest BCUT2D eigenvalue weighted by atomic mass is 19.4. The zero-order chi connectivity index (χ0) is 16.3. The third-order valence-electron chi connectivity index (χ3n) is 3.17. The molecule has 0 amide bonds. The van der Waals surface area contributed by atoms with Crippen LogP contribution in [0.5, 0.6) is 0 Å². The summed E-state index contributed by atoms with van der Waals surface area (Å²) in [5, 5.41) is 3.02. The molecule has 0 saturated carbocycles. The summed E-state index contributed by atoms with van der Waals surface area (Å²) in [5.41, 5.74) is -0.0299. The summed E-state index contributed by atoms with van der Waals surface area (Å²) in [7, 11) is 0. The van der Waals surface area contributed by atoms with Gasteiger partial charge in [-0.2, -0.15) is 13.2 Å². The lowest BCUT2D eigenvalue weighted by molar-refractivity contribution is -0.137. The van der Waals surface area contributed by atoms with Gasteiger partial charge in [-0.05, 0) is 24.3 Å². The van der Waals surface area contributed by atoms with Gasteiger partial charge in [-0.25, -0.2) is 4.98 Å². The first kappa shape index (κ1) is 15.1. The van der Waals surface area contributed by atoms with Crippen LogP contribution in [0.1, 0.15) is 11.3 Å². The molecule has 7 heteroatoms. The van der Waals surface area contributed by atoms with Crippen LogP contribution >= 0.6 is 0 Å². The fourth-order valence-electron chi connectivity index (χ4n) is 2.11. The molecule has 0 aliphatic rings. The van der Waals surface area contributed by atoms with Crippen molar-refractivity contribution in [2.45, 2.75) is 12.7 Å². The molecule has 0 saturated heterocycles. The Morgan fingerprint density at radius 1 is 1.04 bits per heavy atom. The second-order valence-corrected chi connectivity index (χ2v) is 4.77. The van der Waals surface area contributed by atoms with Gasteiger partial charge < -0.3 is 9.73 Å². The zero-order valence-electron chi connectivity index (χ0n) is 11.8. The first-order valence-corrected chi connectivity index (χ1v) is 6.79. The number of alkyl halides is 3. The number of rotatable bonds is 4. The van der Waals surface area contributed by atoms with Gasteiger partial charge in [-0.15, -0.1) is 0 Å². The largest absolute Gasteiger partial charge is 0.467 e. The summed E-state index contributed by atoms with van der Waals surface area (Å²) in [6, 6.07) is 8.53. The predicted molar refractivity (Wildman–Crippen MR) is 78.5 cm³/mol. The zero-order valence-corrected chi connectivity index (χ0v) is 11.8. The van der Waals surface area contributed by atoms with E-state index in [1.807, 2.05) is 0 Å². The normalized spacial score (nSPS) is 11.4. The number of hydrogen-bond donors (Lipinski definition) is 1. The highest BCUT2D eigenvalue weighted by molar-refractivity contribution is 5.71. The van der Waals surface area contributed by atoms with Gasteiger partial charge in [0.15, 0.2) is 5.82 Å². The Bertz CT molecular complexity index is 785. The lowest BCUT2D eigenvalue weighted by atomic mass is 10.1. The molecular formula is C16H12F3N3O. The summed E-state index contributed by atoms with van der Waals surface area (Å²) >= 11 is 0. The van der Waals surface area contributed by atoms with Crippen molar-refractivity contribution >= 4 is 5.82 Å². The van der Waals surface area contributed by atoms with Crippen molar-refractivity contribution in [2.24, 2.45) is 0 Å². The summed E-state index contributed by atoms with van der Waals surface area (Å²) < 4.78 is 43.8. The average molecular weight is 319 g/mol. The molecule has 23 heavy (non-hydrogen) atoms. The fraction of sp³-hybridized carbons (Fsp3) is 0.125. The minimum atomic E-state index is -4.40. The Kier molecular flexibility index (Phi) is 4.01. The van der Waals surface area contributed by atoms with Crippen molar-refractivity contribution in [2.75, 3.05) is 5.32 Å². The first-order chi connectivity index (χ1) is 11.0. The monoisotopic (exact) mass is 319 g/mol. The van der Waals surface area contributed by atoms with E-state index in [4.69, 9.17) is 4.42 Å². The molecule has 0 aliphatic heterocycles. The minimum absolute atomic E-state index is 0.342. The maximum atomic E-state index is 12.9. The molecular weight excluding hydrogens is 307 g/mol.